The number of hydrogen-bond donors (Lipinski definition) is 0. The summed E-state index contributed by atoms with van der Waals surface area (Å²) in [5, 5.41) is 0. The first kappa shape index (κ1) is 16.9. The minimum absolute atomic E-state index is 1.16. The van der Waals surface area contributed by atoms with Crippen LogP contribution >= 0.6 is 0 Å². The Morgan fingerprint density at radius 2 is 1.08 bits per heavy atom. The Morgan fingerprint density at radius 3 is 1.84 bits per heavy atom. The molecule has 2 aliphatic rings. The molecule has 2 aliphatic carbocycles. The summed E-state index contributed by atoms with van der Waals surface area (Å²) in [6.07, 6.45) is 18.0. The van der Waals surface area contributed by atoms with Crippen molar-refractivity contribution < 1.29 is 0 Å². The molecule has 0 heteroatoms. The van der Waals surface area contributed by atoms with Gasteiger partial charge in [0.25, 0.3) is 0 Å². The molecule has 0 saturated carbocycles. The Labute approximate surface area is 153 Å². The van der Waals surface area contributed by atoms with Crippen molar-refractivity contribution in [3.05, 3.63) is 58.7 Å². The van der Waals surface area contributed by atoms with Crippen molar-refractivity contribution in [3.8, 4) is 11.1 Å². The van der Waals surface area contributed by atoms with E-state index >= 15 is 0 Å². The fraction of sp³-hybridized carbons (Fsp3) is 0.520. The normalized spacial score (nSPS) is 18.7. The highest BCUT2D eigenvalue weighted by molar-refractivity contribution is 5.78. The standard InChI is InChI=1S/C25H32/c1-2-4-6-8-10-15-22-20(13-9-7-5-3-1)17-18-24-23-16-12-11-14-21(23)19-25(22)24/h11-12,14,16-18H,1-10,13,15,19H2. The van der Waals surface area contributed by atoms with E-state index in [2.05, 4.69) is 36.4 Å². The molecule has 25 heavy (non-hydrogen) atoms. The van der Waals surface area contributed by atoms with Crippen LogP contribution < -0.4 is 0 Å². The Bertz CT molecular complexity index is 710. The number of benzene rings is 2. The summed E-state index contributed by atoms with van der Waals surface area (Å²) < 4.78 is 0. The lowest BCUT2D eigenvalue weighted by molar-refractivity contribution is 0.546. The predicted octanol–water partition coefficient (Wildman–Crippen LogP) is 7.26. The van der Waals surface area contributed by atoms with E-state index in [9.17, 15) is 0 Å². The molecule has 2 aromatic rings. The number of rotatable bonds is 0. The highest BCUT2D eigenvalue weighted by atomic mass is 14.3. The highest BCUT2D eigenvalue weighted by Gasteiger charge is 2.22. The number of hydrogen-bond acceptors (Lipinski definition) is 0. The zero-order valence-corrected chi connectivity index (χ0v) is 15.7. The summed E-state index contributed by atoms with van der Waals surface area (Å²) in [7, 11) is 0. The van der Waals surface area contributed by atoms with Gasteiger partial charge in [-0.05, 0) is 65.5 Å². The summed E-state index contributed by atoms with van der Waals surface area (Å²) in [6, 6.07) is 13.9. The topological polar surface area (TPSA) is 0 Å². The van der Waals surface area contributed by atoms with Gasteiger partial charge in [-0.1, -0.05) is 87.8 Å². The number of aryl methyl sites for hydroxylation is 1. The van der Waals surface area contributed by atoms with Gasteiger partial charge in [-0.25, -0.2) is 0 Å². The van der Waals surface area contributed by atoms with Gasteiger partial charge in [-0.2, -0.15) is 0 Å². The van der Waals surface area contributed by atoms with Gasteiger partial charge >= 0.3 is 0 Å². The van der Waals surface area contributed by atoms with E-state index in [1.807, 2.05) is 0 Å². The smallest absolute Gasteiger partial charge is 0.00106 e. The summed E-state index contributed by atoms with van der Waals surface area (Å²) in [5.41, 5.74) is 9.57. The molecule has 132 valence electrons. The maximum absolute atomic E-state index is 2.46. The first-order valence-electron chi connectivity index (χ1n) is 10.7. The lowest BCUT2D eigenvalue weighted by atomic mass is 9.89. The van der Waals surface area contributed by atoms with Crippen molar-refractivity contribution in [2.45, 2.75) is 83.5 Å². The molecule has 0 fully saturated rings. The van der Waals surface area contributed by atoms with Gasteiger partial charge in [0.05, 0.1) is 0 Å². The first-order chi connectivity index (χ1) is 12.4. The number of fused-ring (bicyclic) bond motifs is 5. The monoisotopic (exact) mass is 332 g/mol. The molecule has 0 aromatic heterocycles. The van der Waals surface area contributed by atoms with E-state index in [1.54, 1.807) is 16.7 Å². The Kier molecular flexibility index (Phi) is 5.55. The van der Waals surface area contributed by atoms with Crippen LogP contribution in [-0.4, -0.2) is 0 Å². The lowest BCUT2D eigenvalue weighted by Gasteiger charge is -2.16. The van der Waals surface area contributed by atoms with Crippen LogP contribution in [0.3, 0.4) is 0 Å². The van der Waals surface area contributed by atoms with Gasteiger partial charge < -0.3 is 0 Å². The molecule has 4 rings (SSSR count). The Hall–Kier alpha value is -1.56. The maximum atomic E-state index is 2.46. The summed E-state index contributed by atoms with van der Waals surface area (Å²) in [4.78, 5) is 0. The zero-order chi connectivity index (χ0) is 16.9. The average molecular weight is 333 g/mol. The second-order valence-electron chi connectivity index (χ2n) is 8.10. The van der Waals surface area contributed by atoms with Crippen LogP contribution in [0.25, 0.3) is 11.1 Å². The van der Waals surface area contributed by atoms with Crippen LogP contribution in [0.5, 0.6) is 0 Å². The molecule has 0 spiro atoms. The van der Waals surface area contributed by atoms with Crippen LogP contribution in [0.1, 0.15) is 86.5 Å². The molecule has 0 bridgehead atoms. The van der Waals surface area contributed by atoms with Crippen molar-refractivity contribution in [2.24, 2.45) is 0 Å². The molecule has 0 radical (unpaired) electrons. The average Bonchev–Trinajstić information content (AvgIpc) is 3.02. The molecule has 0 heterocycles. The van der Waals surface area contributed by atoms with Crippen molar-refractivity contribution in [2.75, 3.05) is 0 Å². The highest BCUT2D eigenvalue weighted by Crippen LogP contribution is 2.40. The molecule has 0 aliphatic heterocycles. The molecular formula is C25H32. The molecular weight excluding hydrogens is 300 g/mol. The van der Waals surface area contributed by atoms with Gasteiger partial charge in [0.15, 0.2) is 0 Å². The maximum Gasteiger partial charge on any atom is -0.00106 e. The molecule has 0 N–H and O–H groups in total. The predicted molar refractivity (Wildman–Crippen MR) is 108 cm³/mol. The summed E-state index contributed by atoms with van der Waals surface area (Å²) in [5.74, 6) is 0. The van der Waals surface area contributed by atoms with Gasteiger partial charge in [0.2, 0.25) is 0 Å². The molecule has 0 nitrogen and oxygen atoms in total. The van der Waals surface area contributed by atoms with Crippen LogP contribution in [0.4, 0.5) is 0 Å². The van der Waals surface area contributed by atoms with Gasteiger partial charge in [-0.3, -0.25) is 0 Å². The Morgan fingerprint density at radius 1 is 0.440 bits per heavy atom. The SMILES string of the molecule is c1ccc2c(c1)Cc1c-2ccc2c1CCCCCCCCCCCC2. The second kappa shape index (κ2) is 8.21. The lowest BCUT2D eigenvalue weighted by Crippen LogP contribution is -2.01. The third-order valence-corrected chi connectivity index (χ3v) is 6.33. The van der Waals surface area contributed by atoms with E-state index in [1.165, 1.54) is 93.7 Å². The second-order valence-corrected chi connectivity index (χ2v) is 8.10. The van der Waals surface area contributed by atoms with E-state index in [-0.39, 0.29) is 0 Å². The first-order valence-corrected chi connectivity index (χ1v) is 10.7. The fourth-order valence-corrected chi connectivity index (χ4v) is 4.90. The van der Waals surface area contributed by atoms with E-state index < -0.39 is 0 Å². The zero-order valence-electron chi connectivity index (χ0n) is 15.7. The van der Waals surface area contributed by atoms with Crippen molar-refractivity contribution in [3.63, 3.8) is 0 Å². The fourth-order valence-electron chi connectivity index (χ4n) is 4.90. The molecule has 0 atom stereocenters. The van der Waals surface area contributed by atoms with Gasteiger partial charge in [0, 0.05) is 0 Å². The van der Waals surface area contributed by atoms with Crippen molar-refractivity contribution in [1.29, 1.82) is 0 Å². The van der Waals surface area contributed by atoms with E-state index in [0.717, 1.165) is 6.42 Å². The minimum atomic E-state index is 1.16. The minimum Gasteiger partial charge on any atom is -0.0619 e. The van der Waals surface area contributed by atoms with Gasteiger partial charge in [-0.15, -0.1) is 0 Å². The van der Waals surface area contributed by atoms with E-state index in [4.69, 9.17) is 0 Å². The van der Waals surface area contributed by atoms with Crippen molar-refractivity contribution in [1.82, 2.24) is 0 Å². The quantitative estimate of drug-likeness (QED) is 0.406. The third-order valence-electron chi connectivity index (χ3n) is 6.33. The molecule has 0 unspecified atom stereocenters. The van der Waals surface area contributed by atoms with Crippen LogP contribution in [0.2, 0.25) is 0 Å². The van der Waals surface area contributed by atoms with Gasteiger partial charge in [0.1, 0.15) is 0 Å². The molecule has 0 amide bonds. The summed E-state index contributed by atoms with van der Waals surface area (Å²) >= 11 is 0. The largest absolute Gasteiger partial charge is 0.0619 e. The molecule has 2 aromatic carbocycles. The van der Waals surface area contributed by atoms with E-state index in [0.29, 0.717) is 0 Å². The summed E-state index contributed by atoms with van der Waals surface area (Å²) in [6.45, 7) is 0. The van der Waals surface area contributed by atoms with Crippen LogP contribution in [-0.2, 0) is 19.3 Å². The molecule has 0 saturated heterocycles. The van der Waals surface area contributed by atoms with Crippen LogP contribution in [0, 0.1) is 0 Å². The third kappa shape index (κ3) is 3.84. The van der Waals surface area contributed by atoms with Crippen molar-refractivity contribution >= 4 is 0 Å². The van der Waals surface area contributed by atoms with Crippen LogP contribution in [0.15, 0.2) is 36.4 Å². The Balaban J connectivity index is 1.60.